The molecule has 0 bridgehead atoms. The molecule has 0 saturated heterocycles. The Morgan fingerprint density at radius 1 is 1.12 bits per heavy atom. The highest BCUT2D eigenvalue weighted by atomic mass is 35.5. The van der Waals surface area contributed by atoms with Gasteiger partial charge in [-0.05, 0) is 29.3 Å². The Morgan fingerprint density at radius 3 is 2.76 bits per heavy atom. The van der Waals surface area contributed by atoms with Crippen LogP contribution < -0.4 is 4.74 Å². The van der Waals surface area contributed by atoms with Crippen LogP contribution in [0.4, 0.5) is 0 Å². The van der Waals surface area contributed by atoms with Crippen molar-refractivity contribution >= 4 is 11.6 Å². The predicted molar refractivity (Wildman–Crippen MR) is 69.4 cm³/mol. The molecule has 2 nitrogen and oxygen atoms in total. The van der Waals surface area contributed by atoms with Gasteiger partial charge in [-0.1, -0.05) is 18.2 Å². The Morgan fingerprint density at radius 2 is 2.00 bits per heavy atom. The van der Waals surface area contributed by atoms with E-state index in [0.29, 0.717) is 12.5 Å². The van der Waals surface area contributed by atoms with Crippen LogP contribution in [-0.2, 0) is 12.3 Å². The molecule has 0 aliphatic rings. The Bertz CT molecular complexity index is 459. The van der Waals surface area contributed by atoms with Crippen LogP contribution >= 0.6 is 11.6 Å². The summed E-state index contributed by atoms with van der Waals surface area (Å²) in [4.78, 5) is 4.06. The number of hydrogen-bond acceptors (Lipinski definition) is 2. The summed E-state index contributed by atoms with van der Waals surface area (Å²) < 4.78 is 5.67. The third-order valence-corrected chi connectivity index (χ3v) is 2.74. The van der Waals surface area contributed by atoms with Crippen LogP contribution in [0.1, 0.15) is 11.1 Å². The number of rotatable bonds is 5. The maximum atomic E-state index is 5.76. The summed E-state index contributed by atoms with van der Waals surface area (Å²) in [5, 5.41) is 0. The van der Waals surface area contributed by atoms with Gasteiger partial charge in [0.1, 0.15) is 5.75 Å². The largest absolute Gasteiger partial charge is 0.493 e. The van der Waals surface area contributed by atoms with E-state index < -0.39 is 0 Å². The molecular formula is C14H14ClNO. The second kappa shape index (κ2) is 6.26. The first-order valence-corrected chi connectivity index (χ1v) is 6.08. The molecule has 0 aliphatic heterocycles. The van der Waals surface area contributed by atoms with Gasteiger partial charge in [0.05, 0.1) is 6.61 Å². The quantitative estimate of drug-likeness (QED) is 0.755. The molecule has 0 unspecified atom stereocenters. The highest BCUT2D eigenvalue weighted by Gasteiger charge is 1.97. The second-order valence-corrected chi connectivity index (χ2v) is 4.01. The van der Waals surface area contributed by atoms with Crippen LogP contribution in [0.5, 0.6) is 5.75 Å². The molecule has 0 saturated carbocycles. The van der Waals surface area contributed by atoms with Gasteiger partial charge in [-0.15, -0.1) is 11.6 Å². The Labute approximate surface area is 106 Å². The van der Waals surface area contributed by atoms with Crippen molar-refractivity contribution in [3.05, 3.63) is 59.9 Å². The zero-order chi connectivity index (χ0) is 11.9. The van der Waals surface area contributed by atoms with Gasteiger partial charge < -0.3 is 4.74 Å². The molecule has 2 rings (SSSR count). The number of hydrogen-bond donors (Lipinski definition) is 0. The number of alkyl halides is 1. The maximum absolute atomic E-state index is 5.76. The van der Waals surface area contributed by atoms with E-state index >= 15 is 0 Å². The van der Waals surface area contributed by atoms with Crippen molar-refractivity contribution in [2.24, 2.45) is 0 Å². The first-order chi connectivity index (χ1) is 8.38. The van der Waals surface area contributed by atoms with Crippen molar-refractivity contribution in [1.82, 2.24) is 4.98 Å². The zero-order valence-corrected chi connectivity index (χ0v) is 10.2. The summed E-state index contributed by atoms with van der Waals surface area (Å²) in [6, 6.07) is 11.8. The lowest BCUT2D eigenvalue weighted by molar-refractivity contribution is 0.321. The third kappa shape index (κ3) is 3.75. The van der Waals surface area contributed by atoms with E-state index in [1.54, 1.807) is 6.20 Å². The van der Waals surface area contributed by atoms with Gasteiger partial charge in [-0.25, -0.2) is 0 Å². The van der Waals surface area contributed by atoms with Crippen molar-refractivity contribution in [1.29, 1.82) is 0 Å². The lowest BCUT2D eigenvalue weighted by Gasteiger charge is -2.07. The van der Waals surface area contributed by atoms with E-state index in [-0.39, 0.29) is 0 Å². The van der Waals surface area contributed by atoms with Crippen molar-refractivity contribution in [2.45, 2.75) is 12.3 Å². The molecule has 2 aromatic rings. The van der Waals surface area contributed by atoms with Gasteiger partial charge in [-0.2, -0.15) is 0 Å². The minimum Gasteiger partial charge on any atom is -0.493 e. The Balaban J connectivity index is 1.86. The van der Waals surface area contributed by atoms with Gasteiger partial charge in [0.2, 0.25) is 0 Å². The van der Waals surface area contributed by atoms with Crippen LogP contribution in [0.15, 0.2) is 48.8 Å². The summed E-state index contributed by atoms with van der Waals surface area (Å²) in [7, 11) is 0. The van der Waals surface area contributed by atoms with Crippen LogP contribution in [0.3, 0.4) is 0 Å². The number of ether oxygens (including phenoxy) is 1. The summed E-state index contributed by atoms with van der Waals surface area (Å²) in [6.07, 6.45) is 4.49. The lowest BCUT2D eigenvalue weighted by Crippen LogP contribution is -2.01. The monoisotopic (exact) mass is 247 g/mol. The fraction of sp³-hybridized carbons (Fsp3) is 0.214. The molecular weight excluding hydrogens is 234 g/mol. The summed E-state index contributed by atoms with van der Waals surface area (Å²) >= 11 is 5.76. The van der Waals surface area contributed by atoms with Crippen molar-refractivity contribution < 1.29 is 4.74 Å². The number of halogens is 1. The average molecular weight is 248 g/mol. The Kier molecular flexibility index (Phi) is 4.39. The van der Waals surface area contributed by atoms with E-state index in [4.69, 9.17) is 16.3 Å². The number of benzene rings is 1. The molecule has 88 valence electrons. The van der Waals surface area contributed by atoms with Crippen LogP contribution in [0.25, 0.3) is 0 Å². The minimum absolute atomic E-state index is 0.514. The molecule has 0 amide bonds. The van der Waals surface area contributed by atoms with Crippen molar-refractivity contribution in [3.63, 3.8) is 0 Å². The molecule has 0 atom stereocenters. The predicted octanol–water partition coefficient (Wildman–Crippen LogP) is 3.44. The summed E-state index contributed by atoms with van der Waals surface area (Å²) in [6.45, 7) is 0.650. The molecule has 17 heavy (non-hydrogen) atoms. The summed E-state index contributed by atoms with van der Waals surface area (Å²) in [5.74, 6) is 1.38. The van der Waals surface area contributed by atoms with E-state index in [1.165, 1.54) is 5.56 Å². The van der Waals surface area contributed by atoms with Gasteiger partial charge >= 0.3 is 0 Å². The second-order valence-electron chi connectivity index (χ2n) is 3.74. The van der Waals surface area contributed by atoms with E-state index in [2.05, 4.69) is 4.98 Å². The zero-order valence-electron chi connectivity index (χ0n) is 9.47. The average Bonchev–Trinajstić information content (AvgIpc) is 2.40. The van der Waals surface area contributed by atoms with Gasteiger partial charge in [0, 0.05) is 24.7 Å². The molecule has 0 spiro atoms. The lowest BCUT2D eigenvalue weighted by atomic mass is 10.2. The van der Waals surface area contributed by atoms with Gasteiger partial charge in [0.25, 0.3) is 0 Å². The highest BCUT2D eigenvalue weighted by Crippen LogP contribution is 2.15. The smallest absolute Gasteiger partial charge is 0.119 e. The van der Waals surface area contributed by atoms with Crippen LogP contribution in [-0.4, -0.2) is 11.6 Å². The first kappa shape index (κ1) is 11.9. The molecule has 1 aromatic carbocycles. The molecule has 0 aliphatic carbocycles. The van der Waals surface area contributed by atoms with E-state index in [0.717, 1.165) is 17.7 Å². The van der Waals surface area contributed by atoms with Crippen LogP contribution in [0, 0.1) is 0 Å². The molecule has 3 heteroatoms. The normalized spacial score (nSPS) is 10.2. The molecule has 0 radical (unpaired) electrons. The highest BCUT2D eigenvalue weighted by molar-refractivity contribution is 6.17. The third-order valence-electron chi connectivity index (χ3n) is 2.44. The minimum atomic E-state index is 0.514. The van der Waals surface area contributed by atoms with E-state index in [9.17, 15) is 0 Å². The topological polar surface area (TPSA) is 22.1 Å². The van der Waals surface area contributed by atoms with Gasteiger partial charge in [0.15, 0.2) is 0 Å². The number of aromatic nitrogens is 1. The number of nitrogens with zero attached hydrogens (tertiary/aromatic N) is 1. The first-order valence-electron chi connectivity index (χ1n) is 5.55. The fourth-order valence-corrected chi connectivity index (χ4v) is 1.72. The standard InChI is InChI=1S/C14H14ClNO/c15-10-13-3-1-5-14(9-13)17-8-6-12-4-2-7-16-11-12/h1-5,7,9,11H,6,8,10H2. The van der Waals surface area contributed by atoms with Crippen LogP contribution in [0.2, 0.25) is 0 Å². The van der Waals surface area contributed by atoms with E-state index in [1.807, 2.05) is 42.6 Å². The maximum Gasteiger partial charge on any atom is 0.119 e. The Hall–Kier alpha value is -1.54. The fourth-order valence-electron chi connectivity index (χ4n) is 1.55. The van der Waals surface area contributed by atoms with Gasteiger partial charge in [-0.3, -0.25) is 4.98 Å². The SMILES string of the molecule is ClCc1cccc(OCCc2cccnc2)c1. The molecule has 0 N–H and O–H groups in total. The molecule has 0 fully saturated rings. The number of pyridine rings is 1. The van der Waals surface area contributed by atoms with Crippen molar-refractivity contribution in [2.75, 3.05) is 6.61 Å². The molecule has 1 heterocycles. The molecule has 1 aromatic heterocycles. The summed E-state index contributed by atoms with van der Waals surface area (Å²) in [5.41, 5.74) is 2.26. The van der Waals surface area contributed by atoms with Crippen molar-refractivity contribution in [3.8, 4) is 5.75 Å².